The van der Waals surface area contributed by atoms with Gasteiger partial charge >= 0.3 is 6.18 Å². The van der Waals surface area contributed by atoms with Crippen molar-refractivity contribution < 1.29 is 18.0 Å². The molecule has 0 spiro atoms. The van der Waals surface area contributed by atoms with Gasteiger partial charge in [-0.15, -0.1) is 0 Å². The minimum Gasteiger partial charge on any atom is -0.366 e. The Morgan fingerprint density at radius 1 is 1.17 bits per heavy atom. The average molecular weight is 327 g/mol. The summed E-state index contributed by atoms with van der Waals surface area (Å²) in [5.74, 6) is -0.847. The number of rotatable bonds is 4. The highest BCUT2D eigenvalue weighted by molar-refractivity contribution is 5.93. The first-order valence-corrected chi connectivity index (χ1v) is 7.81. The van der Waals surface area contributed by atoms with Gasteiger partial charge in [-0.2, -0.15) is 13.2 Å². The quantitative estimate of drug-likeness (QED) is 0.921. The maximum atomic E-state index is 13.2. The van der Waals surface area contributed by atoms with Crippen molar-refractivity contribution in [3.63, 3.8) is 0 Å². The fourth-order valence-corrected chi connectivity index (χ4v) is 3.10. The molecule has 1 heterocycles. The summed E-state index contributed by atoms with van der Waals surface area (Å²) >= 11 is 0. The van der Waals surface area contributed by atoms with Crippen LogP contribution in [0.1, 0.15) is 34.3 Å². The topological polar surface area (TPSA) is 49.6 Å². The van der Waals surface area contributed by atoms with Gasteiger partial charge in [-0.05, 0) is 30.5 Å². The van der Waals surface area contributed by atoms with Gasteiger partial charge in [0, 0.05) is 44.3 Å². The number of piperazine rings is 1. The number of amides is 1. The predicted octanol–water partition coefficient (Wildman–Crippen LogP) is 2.08. The van der Waals surface area contributed by atoms with Crippen LogP contribution in [0.4, 0.5) is 13.2 Å². The SMILES string of the molecule is NC(=O)c1ccc(CN2CCN(C3CC3)CC2)c(C(F)(F)F)c1. The van der Waals surface area contributed by atoms with E-state index in [2.05, 4.69) is 4.90 Å². The summed E-state index contributed by atoms with van der Waals surface area (Å²) in [4.78, 5) is 15.6. The number of primary amides is 1. The molecule has 2 aliphatic rings. The van der Waals surface area contributed by atoms with E-state index in [0.29, 0.717) is 6.04 Å². The highest BCUT2D eigenvalue weighted by Gasteiger charge is 2.35. The first-order chi connectivity index (χ1) is 10.8. The molecule has 126 valence electrons. The van der Waals surface area contributed by atoms with E-state index in [0.717, 1.165) is 32.2 Å². The number of hydrogen-bond donors (Lipinski definition) is 1. The Kier molecular flexibility index (Phi) is 4.33. The van der Waals surface area contributed by atoms with Gasteiger partial charge in [0.2, 0.25) is 5.91 Å². The van der Waals surface area contributed by atoms with E-state index in [1.807, 2.05) is 4.90 Å². The second kappa shape index (κ2) is 6.13. The largest absolute Gasteiger partial charge is 0.416 e. The Balaban J connectivity index is 1.72. The normalized spacial score (nSPS) is 20.7. The number of carbonyl (C=O) groups excluding carboxylic acids is 1. The van der Waals surface area contributed by atoms with E-state index in [1.54, 1.807) is 0 Å². The summed E-state index contributed by atoms with van der Waals surface area (Å²) in [6, 6.07) is 4.29. The summed E-state index contributed by atoms with van der Waals surface area (Å²) in [6.45, 7) is 3.60. The number of hydrogen-bond acceptors (Lipinski definition) is 3. The maximum absolute atomic E-state index is 13.2. The lowest BCUT2D eigenvalue weighted by atomic mass is 10.0. The molecule has 3 rings (SSSR count). The molecule has 1 aromatic rings. The van der Waals surface area contributed by atoms with E-state index < -0.39 is 17.6 Å². The van der Waals surface area contributed by atoms with E-state index in [1.165, 1.54) is 25.0 Å². The maximum Gasteiger partial charge on any atom is 0.416 e. The fourth-order valence-electron chi connectivity index (χ4n) is 3.10. The van der Waals surface area contributed by atoms with Gasteiger partial charge in [0.25, 0.3) is 0 Å². The number of nitrogens with two attached hydrogens (primary N) is 1. The van der Waals surface area contributed by atoms with E-state index in [9.17, 15) is 18.0 Å². The smallest absolute Gasteiger partial charge is 0.366 e. The van der Waals surface area contributed by atoms with Crippen molar-refractivity contribution in [1.29, 1.82) is 0 Å². The Hall–Kier alpha value is -1.60. The van der Waals surface area contributed by atoms with Crippen LogP contribution >= 0.6 is 0 Å². The summed E-state index contributed by atoms with van der Waals surface area (Å²) in [7, 11) is 0. The Bertz CT molecular complexity index is 591. The van der Waals surface area contributed by atoms with E-state index in [4.69, 9.17) is 5.73 Å². The Morgan fingerprint density at radius 3 is 2.35 bits per heavy atom. The molecular weight excluding hydrogens is 307 g/mol. The van der Waals surface area contributed by atoms with Crippen LogP contribution in [0, 0.1) is 0 Å². The summed E-state index contributed by atoms with van der Waals surface area (Å²) < 4.78 is 39.7. The molecule has 0 aromatic heterocycles. The van der Waals surface area contributed by atoms with Crippen molar-refractivity contribution in [2.24, 2.45) is 5.73 Å². The number of alkyl halides is 3. The third kappa shape index (κ3) is 3.84. The predicted molar refractivity (Wildman–Crippen MR) is 79.8 cm³/mol. The highest BCUT2D eigenvalue weighted by Crippen LogP contribution is 2.34. The molecule has 0 bridgehead atoms. The van der Waals surface area contributed by atoms with Gasteiger partial charge in [0.05, 0.1) is 5.56 Å². The molecule has 0 radical (unpaired) electrons. The van der Waals surface area contributed by atoms with Crippen LogP contribution in [0.3, 0.4) is 0 Å². The van der Waals surface area contributed by atoms with Crippen molar-refractivity contribution >= 4 is 5.91 Å². The summed E-state index contributed by atoms with van der Waals surface area (Å²) in [6.07, 6.45) is -2.00. The third-order valence-electron chi connectivity index (χ3n) is 4.56. The zero-order valence-electron chi connectivity index (χ0n) is 12.8. The van der Waals surface area contributed by atoms with Gasteiger partial charge in [-0.3, -0.25) is 14.6 Å². The molecule has 1 aromatic carbocycles. The van der Waals surface area contributed by atoms with Gasteiger partial charge in [0.1, 0.15) is 0 Å². The van der Waals surface area contributed by atoms with Gasteiger partial charge in [-0.25, -0.2) is 0 Å². The molecule has 1 saturated carbocycles. The van der Waals surface area contributed by atoms with Crippen molar-refractivity contribution in [3.05, 3.63) is 34.9 Å². The summed E-state index contributed by atoms with van der Waals surface area (Å²) in [5, 5.41) is 0. The van der Waals surface area contributed by atoms with Crippen LogP contribution in [0.15, 0.2) is 18.2 Å². The summed E-state index contributed by atoms with van der Waals surface area (Å²) in [5.41, 5.74) is 4.41. The first kappa shape index (κ1) is 16.3. The van der Waals surface area contributed by atoms with Crippen molar-refractivity contribution in [2.45, 2.75) is 31.6 Å². The van der Waals surface area contributed by atoms with Gasteiger partial charge in [-0.1, -0.05) is 6.07 Å². The van der Waals surface area contributed by atoms with Crippen molar-refractivity contribution in [3.8, 4) is 0 Å². The van der Waals surface area contributed by atoms with Gasteiger partial charge in [0.15, 0.2) is 0 Å². The van der Waals surface area contributed by atoms with Crippen LogP contribution in [0.25, 0.3) is 0 Å². The highest BCUT2D eigenvalue weighted by atomic mass is 19.4. The number of carbonyl (C=O) groups is 1. The molecule has 1 saturated heterocycles. The lowest BCUT2D eigenvalue weighted by Crippen LogP contribution is -2.46. The van der Waals surface area contributed by atoms with Gasteiger partial charge < -0.3 is 5.73 Å². The van der Waals surface area contributed by atoms with E-state index in [-0.39, 0.29) is 17.7 Å². The lowest BCUT2D eigenvalue weighted by Gasteiger charge is -2.35. The van der Waals surface area contributed by atoms with Crippen LogP contribution in [-0.2, 0) is 12.7 Å². The standard InChI is InChI=1S/C16H20F3N3O/c17-16(18,19)14-9-11(15(20)23)1-2-12(14)10-21-5-7-22(8-6-21)13-3-4-13/h1-2,9,13H,3-8,10H2,(H2,20,23). The molecule has 1 aliphatic carbocycles. The van der Waals surface area contributed by atoms with Crippen LogP contribution in [-0.4, -0.2) is 47.9 Å². The fraction of sp³-hybridized carbons (Fsp3) is 0.562. The lowest BCUT2D eigenvalue weighted by molar-refractivity contribution is -0.138. The molecule has 2 fully saturated rings. The van der Waals surface area contributed by atoms with Crippen LogP contribution in [0.2, 0.25) is 0 Å². The zero-order valence-corrected chi connectivity index (χ0v) is 12.8. The zero-order chi connectivity index (χ0) is 16.6. The molecule has 1 amide bonds. The van der Waals surface area contributed by atoms with E-state index >= 15 is 0 Å². The molecule has 7 heteroatoms. The van der Waals surface area contributed by atoms with Crippen LogP contribution < -0.4 is 5.73 Å². The number of benzene rings is 1. The van der Waals surface area contributed by atoms with Crippen LogP contribution in [0.5, 0.6) is 0 Å². The Morgan fingerprint density at radius 2 is 1.83 bits per heavy atom. The Labute approximate surface area is 133 Å². The number of halogens is 3. The molecule has 1 aliphatic heterocycles. The second-order valence-corrected chi connectivity index (χ2v) is 6.28. The van der Waals surface area contributed by atoms with Crippen molar-refractivity contribution in [1.82, 2.24) is 9.80 Å². The van der Waals surface area contributed by atoms with Crippen molar-refractivity contribution in [2.75, 3.05) is 26.2 Å². The molecule has 0 atom stereocenters. The molecular formula is C16H20F3N3O. The second-order valence-electron chi connectivity index (χ2n) is 6.28. The molecule has 23 heavy (non-hydrogen) atoms. The minimum atomic E-state index is -4.49. The molecule has 2 N–H and O–H groups in total. The monoisotopic (exact) mass is 327 g/mol. The first-order valence-electron chi connectivity index (χ1n) is 7.81. The molecule has 0 unspecified atom stereocenters. The number of nitrogens with zero attached hydrogens (tertiary/aromatic N) is 2. The molecule has 4 nitrogen and oxygen atoms in total. The average Bonchev–Trinajstić information content (AvgIpc) is 3.32. The third-order valence-corrected chi connectivity index (χ3v) is 4.56. The minimum absolute atomic E-state index is 0.111.